The summed E-state index contributed by atoms with van der Waals surface area (Å²) in [7, 11) is 1.61. The first-order chi connectivity index (χ1) is 14.3. The van der Waals surface area contributed by atoms with Crippen LogP contribution in [0.15, 0.2) is 35.5 Å². The Hall–Kier alpha value is -2.48. The van der Waals surface area contributed by atoms with Crippen molar-refractivity contribution in [3.05, 3.63) is 41.1 Å². The lowest BCUT2D eigenvalue weighted by Crippen LogP contribution is -2.70. The zero-order valence-corrected chi connectivity index (χ0v) is 18.6. The van der Waals surface area contributed by atoms with Crippen molar-refractivity contribution in [2.75, 3.05) is 12.9 Å². The molecular formula is C22H28N2O5S. The number of carbonyl (C=O) groups is 3. The van der Waals surface area contributed by atoms with Gasteiger partial charge in [0.2, 0.25) is 5.91 Å². The predicted octanol–water partition coefficient (Wildman–Crippen LogP) is 2.64. The van der Waals surface area contributed by atoms with Gasteiger partial charge in [0.1, 0.15) is 22.9 Å². The van der Waals surface area contributed by atoms with Gasteiger partial charge in [-0.15, -0.1) is 11.8 Å². The van der Waals surface area contributed by atoms with Gasteiger partial charge in [-0.25, -0.2) is 4.79 Å². The lowest BCUT2D eigenvalue weighted by Gasteiger charge is -2.49. The summed E-state index contributed by atoms with van der Waals surface area (Å²) in [4.78, 5) is 39.2. The Kier molecular flexibility index (Phi) is 7.07. The largest absolute Gasteiger partial charge is 0.497 e. The standard InChI is InChI=1S/C22H28N2O5S/c1-5-14(3)29-22(27)19-13(2)12-30-21-18(20(26)24(19)21)23-17(25)11-8-15-6-9-16(28-4)10-7-15/h6-7,9-10,14,18,21H,5,8,11-12H2,1-4H3,(H,23,25)/t14?,18-,21-/m1/s1. The number of amides is 2. The number of nitrogens with one attached hydrogen (secondary N) is 1. The molecule has 1 unspecified atom stereocenters. The van der Waals surface area contributed by atoms with Crippen molar-refractivity contribution in [2.24, 2.45) is 0 Å². The highest BCUT2D eigenvalue weighted by Gasteiger charge is 2.54. The number of fused-ring (bicyclic) bond motifs is 1. The zero-order valence-electron chi connectivity index (χ0n) is 17.8. The Morgan fingerprint density at radius 1 is 1.30 bits per heavy atom. The van der Waals surface area contributed by atoms with Gasteiger partial charge in [0.05, 0.1) is 13.2 Å². The van der Waals surface area contributed by atoms with E-state index < -0.39 is 12.0 Å². The number of benzene rings is 1. The topological polar surface area (TPSA) is 84.9 Å². The maximum Gasteiger partial charge on any atom is 0.355 e. The molecule has 1 N–H and O–H groups in total. The molecule has 1 aromatic carbocycles. The van der Waals surface area contributed by atoms with E-state index in [1.165, 1.54) is 4.90 Å². The average molecular weight is 433 g/mol. The number of nitrogens with zero attached hydrogens (tertiary/aromatic N) is 1. The maximum absolute atomic E-state index is 12.7. The third-order valence-electron chi connectivity index (χ3n) is 5.35. The van der Waals surface area contributed by atoms with E-state index in [1.807, 2.05) is 45.0 Å². The van der Waals surface area contributed by atoms with Crippen molar-refractivity contribution in [1.29, 1.82) is 0 Å². The molecule has 7 nitrogen and oxygen atoms in total. The fourth-order valence-corrected chi connectivity index (χ4v) is 4.67. The number of esters is 1. The van der Waals surface area contributed by atoms with Gasteiger partial charge in [-0.3, -0.25) is 14.5 Å². The van der Waals surface area contributed by atoms with Gasteiger partial charge in [-0.1, -0.05) is 19.1 Å². The van der Waals surface area contributed by atoms with Crippen LogP contribution in [0, 0.1) is 0 Å². The van der Waals surface area contributed by atoms with Crippen LogP contribution in [-0.2, 0) is 25.5 Å². The summed E-state index contributed by atoms with van der Waals surface area (Å²) in [5.41, 5.74) is 2.17. The Bertz CT molecular complexity index is 852. The lowest BCUT2D eigenvalue weighted by molar-refractivity contribution is -0.155. The van der Waals surface area contributed by atoms with Crippen molar-refractivity contribution < 1.29 is 23.9 Å². The van der Waals surface area contributed by atoms with Crippen molar-refractivity contribution in [3.63, 3.8) is 0 Å². The van der Waals surface area contributed by atoms with E-state index >= 15 is 0 Å². The molecule has 3 rings (SSSR count). The summed E-state index contributed by atoms with van der Waals surface area (Å²) >= 11 is 1.55. The average Bonchev–Trinajstić information content (AvgIpc) is 2.75. The third kappa shape index (κ3) is 4.64. The molecule has 2 aliphatic rings. The molecule has 2 amide bonds. The maximum atomic E-state index is 12.7. The van der Waals surface area contributed by atoms with Crippen LogP contribution in [0.4, 0.5) is 0 Å². The molecule has 2 heterocycles. The Morgan fingerprint density at radius 3 is 2.63 bits per heavy atom. The molecule has 8 heteroatoms. The first-order valence-electron chi connectivity index (χ1n) is 10.1. The summed E-state index contributed by atoms with van der Waals surface area (Å²) in [6.07, 6.45) is 1.35. The van der Waals surface area contributed by atoms with Gasteiger partial charge in [-0.2, -0.15) is 0 Å². The molecule has 1 saturated heterocycles. The highest BCUT2D eigenvalue weighted by molar-refractivity contribution is 8.00. The van der Waals surface area contributed by atoms with E-state index in [2.05, 4.69) is 5.32 Å². The van der Waals surface area contributed by atoms with Crippen LogP contribution in [0.5, 0.6) is 5.75 Å². The summed E-state index contributed by atoms with van der Waals surface area (Å²) in [5.74, 6) is 0.478. The van der Waals surface area contributed by atoms with Crippen molar-refractivity contribution in [2.45, 2.75) is 57.6 Å². The Morgan fingerprint density at radius 2 is 2.00 bits per heavy atom. The van der Waals surface area contributed by atoms with E-state index in [1.54, 1.807) is 18.9 Å². The number of hydrogen-bond acceptors (Lipinski definition) is 6. The summed E-state index contributed by atoms with van der Waals surface area (Å²) in [6, 6.07) is 6.93. The molecule has 162 valence electrons. The summed E-state index contributed by atoms with van der Waals surface area (Å²) in [6.45, 7) is 5.60. The van der Waals surface area contributed by atoms with E-state index in [-0.39, 0.29) is 29.7 Å². The Labute approximate surface area is 181 Å². The fourth-order valence-electron chi connectivity index (χ4n) is 3.38. The summed E-state index contributed by atoms with van der Waals surface area (Å²) in [5, 5.41) is 2.56. The van der Waals surface area contributed by atoms with Gasteiger partial charge >= 0.3 is 5.97 Å². The van der Waals surface area contributed by atoms with Gasteiger partial charge in [-0.05, 0) is 50.0 Å². The first kappa shape index (κ1) is 22.2. The molecule has 1 fully saturated rings. The zero-order chi connectivity index (χ0) is 21.8. The minimum atomic E-state index is -0.613. The minimum Gasteiger partial charge on any atom is -0.497 e. The number of carbonyl (C=O) groups excluding carboxylic acids is 3. The minimum absolute atomic E-state index is 0.181. The molecule has 0 radical (unpaired) electrons. The third-order valence-corrected chi connectivity index (χ3v) is 6.78. The van der Waals surface area contributed by atoms with Crippen LogP contribution in [0.25, 0.3) is 0 Å². The molecule has 2 aliphatic heterocycles. The number of ether oxygens (including phenoxy) is 2. The van der Waals surface area contributed by atoms with Crippen LogP contribution in [0.3, 0.4) is 0 Å². The van der Waals surface area contributed by atoms with Crippen molar-refractivity contribution in [1.82, 2.24) is 10.2 Å². The molecule has 0 bridgehead atoms. The first-order valence-corrected chi connectivity index (χ1v) is 11.2. The van der Waals surface area contributed by atoms with Crippen LogP contribution in [-0.4, -0.2) is 53.1 Å². The van der Waals surface area contributed by atoms with Gasteiger partial charge < -0.3 is 14.8 Å². The molecular weight excluding hydrogens is 404 g/mol. The van der Waals surface area contributed by atoms with Crippen LogP contribution < -0.4 is 10.1 Å². The molecule has 1 aromatic rings. The predicted molar refractivity (Wildman–Crippen MR) is 115 cm³/mol. The summed E-state index contributed by atoms with van der Waals surface area (Å²) < 4.78 is 10.6. The monoisotopic (exact) mass is 432 g/mol. The number of hydrogen-bond donors (Lipinski definition) is 1. The SMILES string of the molecule is CCC(C)OC(=O)C1=C(C)CS[C@@H]2[C@H](NC(=O)CCc3ccc(OC)cc3)C(=O)N12. The van der Waals surface area contributed by atoms with Crippen molar-refractivity contribution >= 4 is 29.5 Å². The molecule has 30 heavy (non-hydrogen) atoms. The highest BCUT2D eigenvalue weighted by atomic mass is 32.2. The Balaban J connectivity index is 1.57. The molecule has 0 aromatic heterocycles. The quantitative estimate of drug-likeness (QED) is 0.502. The van der Waals surface area contributed by atoms with E-state index in [4.69, 9.17) is 9.47 Å². The lowest BCUT2D eigenvalue weighted by atomic mass is 10.0. The second kappa shape index (κ2) is 9.55. The fraction of sp³-hybridized carbons (Fsp3) is 0.500. The number of methoxy groups -OCH3 is 1. The van der Waals surface area contributed by atoms with Crippen LogP contribution in [0.2, 0.25) is 0 Å². The second-order valence-corrected chi connectivity index (χ2v) is 8.66. The highest BCUT2D eigenvalue weighted by Crippen LogP contribution is 2.40. The van der Waals surface area contributed by atoms with Crippen LogP contribution >= 0.6 is 11.8 Å². The smallest absolute Gasteiger partial charge is 0.355 e. The van der Waals surface area contributed by atoms with Gasteiger partial charge in [0.15, 0.2) is 0 Å². The van der Waals surface area contributed by atoms with Gasteiger partial charge in [0.25, 0.3) is 5.91 Å². The van der Waals surface area contributed by atoms with Crippen LogP contribution in [0.1, 0.15) is 39.2 Å². The van der Waals surface area contributed by atoms with Gasteiger partial charge in [0, 0.05) is 12.2 Å². The van der Waals surface area contributed by atoms with E-state index in [9.17, 15) is 14.4 Å². The number of β-lactam (4-membered cyclic amide) rings is 1. The van der Waals surface area contributed by atoms with Crippen molar-refractivity contribution in [3.8, 4) is 5.75 Å². The van der Waals surface area contributed by atoms with E-state index in [0.717, 1.165) is 16.9 Å². The molecule has 0 spiro atoms. The molecule has 3 atom stereocenters. The molecule has 0 aliphatic carbocycles. The molecule has 0 saturated carbocycles. The number of aryl methyl sites for hydroxylation is 1. The normalized spacial score (nSPS) is 21.5. The number of thioether (sulfide) groups is 1. The van der Waals surface area contributed by atoms with E-state index in [0.29, 0.717) is 24.3 Å². The second-order valence-electron chi connectivity index (χ2n) is 7.56. The number of rotatable bonds is 8.